The fourth-order valence-corrected chi connectivity index (χ4v) is 8.96. The molecule has 0 aromatic heterocycles. The lowest BCUT2D eigenvalue weighted by Gasteiger charge is -2.51. The highest BCUT2D eigenvalue weighted by molar-refractivity contribution is 5.78. The van der Waals surface area contributed by atoms with Gasteiger partial charge in [-0.1, -0.05) is 6.08 Å². The summed E-state index contributed by atoms with van der Waals surface area (Å²) in [5.41, 5.74) is 6.45. The van der Waals surface area contributed by atoms with Crippen LogP contribution in [-0.2, 0) is 80.6 Å². The number of aliphatic hydroxyl groups excluding tert-OH is 1. The number of aliphatic hydroxyl groups is 1. The van der Waals surface area contributed by atoms with Gasteiger partial charge in [0.1, 0.15) is 67.1 Å². The third-order valence-corrected chi connectivity index (χ3v) is 11.8. The number of hydrogen-bond donors (Lipinski definition) is 4. The van der Waals surface area contributed by atoms with Crippen molar-refractivity contribution in [1.82, 2.24) is 10.6 Å². The van der Waals surface area contributed by atoms with Crippen LogP contribution in [0.15, 0.2) is 11.6 Å². The van der Waals surface area contributed by atoms with Crippen LogP contribution in [0.2, 0.25) is 0 Å². The zero-order chi connectivity index (χ0) is 44.1. The van der Waals surface area contributed by atoms with E-state index in [4.69, 9.17) is 81.5 Å². The van der Waals surface area contributed by atoms with Crippen LogP contribution >= 0.6 is 0 Å². The minimum atomic E-state index is -1.08. The van der Waals surface area contributed by atoms with Crippen molar-refractivity contribution < 1.29 is 85.7 Å². The van der Waals surface area contributed by atoms with E-state index >= 15 is 0 Å². The lowest BCUT2D eigenvalue weighted by atomic mass is 9.80. The highest BCUT2D eigenvalue weighted by Crippen LogP contribution is 2.37. The number of carbonyl (C=O) groups excluding carboxylic acids is 1. The molecule has 5 N–H and O–H groups in total. The first-order valence-electron chi connectivity index (χ1n) is 20.1. The Morgan fingerprint density at radius 3 is 1.62 bits per heavy atom. The summed E-state index contributed by atoms with van der Waals surface area (Å²) >= 11 is 0. The third kappa shape index (κ3) is 11.4. The lowest BCUT2D eigenvalue weighted by molar-refractivity contribution is -0.375. The van der Waals surface area contributed by atoms with Crippen molar-refractivity contribution in [1.29, 1.82) is 0 Å². The molecule has 0 aromatic rings. The van der Waals surface area contributed by atoms with Gasteiger partial charge in [0, 0.05) is 84.1 Å². The average molecular weight is 870 g/mol. The molecule has 0 spiro atoms. The van der Waals surface area contributed by atoms with Gasteiger partial charge in [-0.2, -0.15) is 0 Å². The summed E-state index contributed by atoms with van der Waals surface area (Å²) in [5.74, 6) is -0.757. The quantitative estimate of drug-likeness (QED) is 0.0810. The highest BCUT2D eigenvalue weighted by atomic mass is 16.8. The molecule has 21 nitrogen and oxygen atoms in total. The first kappa shape index (κ1) is 51.1. The van der Waals surface area contributed by atoms with E-state index in [1.54, 1.807) is 42.7 Å². The summed E-state index contributed by atoms with van der Waals surface area (Å²) in [5, 5.41) is 16.7. The molecular weight excluding hydrogens is 798 g/mol. The van der Waals surface area contributed by atoms with Gasteiger partial charge in [-0.05, 0) is 12.5 Å². The van der Waals surface area contributed by atoms with E-state index in [0.29, 0.717) is 6.61 Å². The number of nitrogens with one attached hydrogen (secondary N) is 2. The molecule has 4 rings (SSSR count). The number of methoxy groups -OCH3 is 11. The van der Waals surface area contributed by atoms with Crippen LogP contribution in [0.25, 0.3) is 0 Å². The monoisotopic (exact) mass is 869 g/mol. The van der Waals surface area contributed by atoms with Crippen LogP contribution in [-0.4, -0.2) is 232 Å². The number of amides is 1. The Bertz CT molecular complexity index is 1290. The van der Waals surface area contributed by atoms with Crippen molar-refractivity contribution in [2.75, 3.05) is 111 Å². The molecule has 4 aliphatic rings. The molecule has 3 heterocycles. The molecule has 21 heteroatoms. The van der Waals surface area contributed by atoms with Crippen LogP contribution < -0.4 is 16.4 Å². The summed E-state index contributed by atoms with van der Waals surface area (Å²) in [6, 6.07) is -0.811. The van der Waals surface area contributed by atoms with E-state index in [9.17, 15) is 9.90 Å². The molecule has 1 aliphatic carbocycles. The van der Waals surface area contributed by atoms with E-state index in [1.165, 1.54) is 35.5 Å². The zero-order valence-electron chi connectivity index (χ0n) is 37.0. The van der Waals surface area contributed by atoms with Crippen molar-refractivity contribution in [2.24, 2.45) is 11.7 Å². The van der Waals surface area contributed by atoms with Crippen molar-refractivity contribution in [3.05, 3.63) is 11.6 Å². The van der Waals surface area contributed by atoms with Gasteiger partial charge in [0.25, 0.3) is 0 Å². The second-order valence-electron chi connectivity index (χ2n) is 15.0. The molecule has 0 aromatic carbocycles. The van der Waals surface area contributed by atoms with Crippen molar-refractivity contribution in [3.63, 3.8) is 0 Å². The molecule has 1 amide bonds. The van der Waals surface area contributed by atoms with Crippen LogP contribution in [0.4, 0.5) is 0 Å². The molecule has 8 unspecified atom stereocenters. The Morgan fingerprint density at radius 1 is 0.633 bits per heavy atom. The standard InChI is InChI=1S/C39H71N3O18/c1-19-26(41-22-13-20(16-45-2)21(15-43)27(48-5)28(22)49-6)31(50-7)35(54-11)38(56-19)59-30-24(18-47-4)58-39(36(55-12)33(30)52-9)60-29-23(17-46-3)57-37(42-25(44)14-40)34(53-10)32(29)51-8/h13,19,21-24,26-39,41,43H,14-18,40H2,1-12H3,(H,42,44)/t19?,21-,22+,23?,24?,26-,27+,28?,29-,30-,31+,32+,33+,34?,35?,36?,37?,38-,39-/m0/s1. The second kappa shape index (κ2) is 25.1. The van der Waals surface area contributed by atoms with Gasteiger partial charge in [0.15, 0.2) is 18.8 Å². The maximum atomic E-state index is 12.3. The molecular formula is C39H71N3O18. The Labute approximate surface area is 353 Å². The number of hydrogen-bond acceptors (Lipinski definition) is 20. The molecule has 60 heavy (non-hydrogen) atoms. The fraction of sp³-hybridized carbons (Fsp3) is 0.923. The summed E-state index contributed by atoms with van der Waals surface area (Å²) in [7, 11) is 17.0. The predicted octanol–water partition coefficient (Wildman–Crippen LogP) is -2.04. The number of rotatable bonds is 23. The maximum absolute atomic E-state index is 12.3. The molecule has 0 bridgehead atoms. The highest BCUT2D eigenvalue weighted by Gasteiger charge is 2.56. The van der Waals surface area contributed by atoms with Gasteiger partial charge in [0.05, 0.1) is 57.3 Å². The Hall–Kier alpha value is -1.55. The Balaban J connectivity index is 1.60. The minimum absolute atomic E-state index is 0.0641. The van der Waals surface area contributed by atoms with Gasteiger partial charge in [-0.25, -0.2) is 0 Å². The van der Waals surface area contributed by atoms with Crippen LogP contribution in [0, 0.1) is 5.92 Å². The summed E-state index contributed by atoms with van der Waals surface area (Å²) in [6.07, 6.45) is -10.2. The van der Waals surface area contributed by atoms with Crippen molar-refractivity contribution in [3.8, 4) is 0 Å². The number of nitrogens with two attached hydrogens (primary N) is 1. The predicted molar refractivity (Wildman–Crippen MR) is 210 cm³/mol. The lowest BCUT2D eigenvalue weighted by Crippen LogP contribution is -2.70. The topological polar surface area (TPSA) is 235 Å². The van der Waals surface area contributed by atoms with Crippen LogP contribution in [0.3, 0.4) is 0 Å². The van der Waals surface area contributed by atoms with Crippen molar-refractivity contribution >= 4 is 5.91 Å². The number of carbonyl (C=O) groups is 1. The third-order valence-electron chi connectivity index (χ3n) is 11.8. The van der Waals surface area contributed by atoms with E-state index < -0.39 is 110 Å². The molecule has 3 aliphatic heterocycles. The first-order valence-corrected chi connectivity index (χ1v) is 20.1. The SMILES string of the molecule is COCC1=C[C@@H](N[C@H]2C(C)O[C@@H](O[C@H]3C(COC)O[C@@H](O[C@H]4C(COC)OC(NC(=O)CN)C(OC)[C@@H]4OC)C(OC)[C@@H]3OC)C(OC)[C@@H]2OC)C(OC)[C@H](OC)[C@H]1CO. The van der Waals surface area contributed by atoms with Gasteiger partial charge in [-0.3, -0.25) is 4.79 Å². The number of ether oxygens (including phenoxy) is 16. The summed E-state index contributed by atoms with van der Waals surface area (Å²) < 4.78 is 97.5. The smallest absolute Gasteiger partial charge is 0.235 e. The zero-order valence-corrected chi connectivity index (χ0v) is 37.0. The van der Waals surface area contributed by atoms with E-state index in [2.05, 4.69) is 10.6 Å². The normalized spacial score (nSPS) is 41.2. The average Bonchev–Trinajstić information content (AvgIpc) is 3.25. The van der Waals surface area contributed by atoms with Crippen molar-refractivity contribution in [2.45, 2.75) is 117 Å². The van der Waals surface area contributed by atoms with E-state index in [0.717, 1.165) is 5.57 Å². The maximum Gasteiger partial charge on any atom is 0.235 e. The largest absolute Gasteiger partial charge is 0.396 e. The molecule has 0 radical (unpaired) electrons. The Kier molecular flexibility index (Phi) is 21.3. The van der Waals surface area contributed by atoms with Gasteiger partial charge >= 0.3 is 0 Å². The minimum Gasteiger partial charge on any atom is -0.396 e. The molecule has 350 valence electrons. The van der Waals surface area contributed by atoms with E-state index in [1.807, 2.05) is 13.0 Å². The van der Waals surface area contributed by atoms with Crippen LogP contribution in [0.5, 0.6) is 0 Å². The van der Waals surface area contributed by atoms with Crippen LogP contribution in [0.1, 0.15) is 6.92 Å². The second-order valence-corrected chi connectivity index (χ2v) is 15.0. The fourth-order valence-electron chi connectivity index (χ4n) is 8.96. The molecule has 19 atom stereocenters. The van der Waals surface area contributed by atoms with Gasteiger partial charge < -0.3 is 97.3 Å². The van der Waals surface area contributed by atoms with Gasteiger partial charge in [0.2, 0.25) is 5.91 Å². The molecule has 3 fully saturated rings. The molecule has 3 saturated heterocycles. The summed E-state index contributed by atoms with van der Waals surface area (Å²) in [4.78, 5) is 12.3. The first-order chi connectivity index (χ1) is 29.0. The van der Waals surface area contributed by atoms with E-state index in [-0.39, 0.29) is 38.3 Å². The Morgan fingerprint density at radius 2 is 1.13 bits per heavy atom. The summed E-state index contributed by atoms with van der Waals surface area (Å²) in [6.45, 7) is 1.97. The molecule has 0 saturated carbocycles. The van der Waals surface area contributed by atoms with Gasteiger partial charge in [-0.15, -0.1) is 0 Å².